The summed E-state index contributed by atoms with van der Waals surface area (Å²) < 4.78 is 0. The minimum Gasteiger partial charge on any atom is -0.223 e. The van der Waals surface area contributed by atoms with Gasteiger partial charge in [0.25, 0.3) is 0 Å². The highest BCUT2D eigenvalue weighted by Gasteiger charge is 2.06. The van der Waals surface area contributed by atoms with Crippen molar-refractivity contribution in [2.75, 3.05) is 0 Å². The minimum atomic E-state index is 0.302. The van der Waals surface area contributed by atoms with Crippen LogP contribution in [0.25, 0.3) is 11.3 Å². The molecule has 2 rings (SSSR count). The van der Waals surface area contributed by atoms with Crippen LogP contribution in [0.1, 0.15) is 16.8 Å². The van der Waals surface area contributed by atoms with Gasteiger partial charge in [-0.15, -0.1) is 0 Å². The summed E-state index contributed by atoms with van der Waals surface area (Å²) in [4.78, 5) is 8.33. The quantitative estimate of drug-likeness (QED) is 0.701. The molecule has 1 aromatic heterocycles. The summed E-state index contributed by atoms with van der Waals surface area (Å²) in [7, 11) is 0. The first-order chi connectivity index (χ1) is 7.56. The Kier molecular flexibility index (Phi) is 2.92. The lowest BCUT2D eigenvalue weighted by Gasteiger charge is -2.07. The molecular weight excluding hydrogens is 220 g/mol. The molecule has 0 spiro atoms. The molecule has 16 heavy (non-hydrogen) atoms. The lowest BCUT2D eigenvalue weighted by molar-refractivity contribution is 1.10. The number of aromatic nitrogens is 2. The van der Waals surface area contributed by atoms with Crippen LogP contribution in [0.4, 0.5) is 0 Å². The van der Waals surface area contributed by atoms with Gasteiger partial charge in [-0.05, 0) is 50.1 Å². The van der Waals surface area contributed by atoms with Crippen LogP contribution >= 0.6 is 11.6 Å². The van der Waals surface area contributed by atoms with Crippen molar-refractivity contribution in [2.45, 2.75) is 20.8 Å². The Morgan fingerprint density at radius 2 is 1.75 bits per heavy atom. The van der Waals surface area contributed by atoms with Crippen molar-refractivity contribution in [1.29, 1.82) is 0 Å². The van der Waals surface area contributed by atoms with Gasteiger partial charge in [0.1, 0.15) is 0 Å². The van der Waals surface area contributed by atoms with E-state index in [0.717, 1.165) is 17.0 Å². The average molecular weight is 233 g/mol. The topological polar surface area (TPSA) is 25.8 Å². The van der Waals surface area contributed by atoms with Gasteiger partial charge in [-0.1, -0.05) is 17.7 Å². The summed E-state index contributed by atoms with van der Waals surface area (Å²) >= 11 is 5.87. The number of aryl methyl sites for hydroxylation is 3. The van der Waals surface area contributed by atoms with Crippen LogP contribution < -0.4 is 0 Å². The summed E-state index contributed by atoms with van der Waals surface area (Å²) in [6.45, 7) is 6.06. The van der Waals surface area contributed by atoms with E-state index in [-0.39, 0.29) is 0 Å². The van der Waals surface area contributed by atoms with Gasteiger partial charge >= 0.3 is 0 Å². The third-order valence-electron chi connectivity index (χ3n) is 2.50. The van der Waals surface area contributed by atoms with Gasteiger partial charge in [0, 0.05) is 11.3 Å². The van der Waals surface area contributed by atoms with Crippen LogP contribution in [-0.4, -0.2) is 9.97 Å². The van der Waals surface area contributed by atoms with Gasteiger partial charge in [-0.3, -0.25) is 0 Å². The molecule has 0 amide bonds. The fourth-order valence-electron chi connectivity index (χ4n) is 1.68. The Hall–Kier alpha value is -1.41. The van der Waals surface area contributed by atoms with Crippen LogP contribution in [0.2, 0.25) is 5.28 Å². The molecule has 0 aliphatic rings. The zero-order valence-electron chi connectivity index (χ0n) is 9.58. The Bertz CT molecular complexity index is 515. The lowest BCUT2D eigenvalue weighted by atomic mass is 10.0. The summed E-state index contributed by atoms with van der Waals surface area (Å²) in [5.41, 5.74) is 5.30. The second kappa shape index (κ2) is 4.22. The molecule has 0 unspecified atom stereocenters. The molecule has 0 bridgehead atoms. The summed E-state index contributed by atoms with van der Waals surface area (Å²) in [5, 5.41) is 0.302. The van der Waals surface area contributed by atoms with E-state index in [1.165, 1.54) is 11.1 Å². The highest BCUT2D eigenvalue weighted by molar-refractivity contribution is 6.28. The highest BCUT2D eigenvalue weighted by atomic mass is 35.5. The highest BCUT2D eigenvalue weighted by Crippen LogP contribution is 2.24. The standard InChI is InChI=1S/C13H13ClN2/c1-8-4-5-9(2)11(6-8)12-7-10(3)15-13(14)16-12/h4-7H,1-3H3. The van der Waals surface area contributed by atoms with Crippen molar-refractivity contribution in [3.8, 4) is 11.3 Å². The SMILES string of the molecule is Cc1ccc(C)c(-c2cc(C)nc(Cl)n2)c1. The van der Waals surface area contributed by atoms with Gasteiger partial charge in [0.05, 0.1) is 5.69 Å². The van der Waals surface area contributed by atoms with E-state index in [2.05, 4.69) is 42.0 Å². The maximum absolute atomic E-state index is 5.87. The molecule has 3 heteroatoms. The average Bonchev–Trinajstić information content (AvgIpc) is 2.20. The van der Waals surface area contributed by atoms with Crippen LogP contribution in [-0.2, 0) is 0 Å². The van der Waals surface area contributed by atoms with Crippen molar-refractivity contribution < 1.29 is 0 Å². The molecule has 1 heterocycles. The Morgan fingerprint density at radius 3 is 2.44 bits per heavy atom. The van der Waals surface area contributed by atoms with Gasteiger partial charge < -0.3 is 0 Å². The maximum Gasteiger partial charge on any atom is 0.223 e. The fraction of sp³-hybridized carbons (Fsp3) is 0.231. The van der Waals surface area contributed by atoms with E-state index in [1.54, 1.807) is 0 Å². The molecule has 2 nitrogen and oxygen atoms in total. The number of hydrogen-bond acceptors (Lipinski definition) is 2. The summed E-state index contributed by atoms with van der Waals surface area (Å²) in [6.07, 6.45) is 0. The van der Waals surface area contributed by atoms with Crippen LogP contribution in [0.5, 0.6) is 0 Å². The number of rotatable bonds is 1. The van der Waals surface area contributed by atoms with E-state index in [1.807, 2.05) is 13.0 Å². The maximum atomic E-state index is 5.87. The van der Waals surface area contributed by atoms with Gasteiger partial charge in [-0.2, -0.15) is 0 Å². The third-order valence-corrected chi connectivity index (χ3v) is 2.66. The predicted molar refractivity (Wildman–Crippen MR) is 66.7 cm³/mol. The van der Waals surface area contributed by atoms with Crippen molar-refractivity contribution in [3.05, 3.63) is 46.4 Å². The molecule has 0 saturated carbocycles. The summed E-state index contributed by atoms with van der Waals surface area (Å²) in [6, 6.07) is 8.26. The smallest absolute Gasteiger partial charge is 0.223 e. The second-order valence-corrected chi connectivity index (χ2v) is 4.32. The van der Waals surface area contributed by atoms with Crippen molar-refractivity contribution >= 4 is 11.6 Å². The fourth-order valence-corrected chi connectivity index (χ4v) is 1.91. The van der Waals surface area contributed by atoms with E-state index < -0.39 is 0 Å². The second-order valence-electron chi connectivity index (χ2n) is 3.98. The number of halogens is 1. The van der Waals surface area contributed by atoms with Gasteiger partial charge in [-0.25, -0.2) is 9.97 Å². The molecule has 0 aliphatic heterocycles. The van der Waals surface area contributed by atoms with Crippen molar-refractivity contribution in [2.24, 2.45) is 0 Å². The monoisotopic (exact) mass is 232 g/mol. The molecule has 82 valence electrons. The molecule has 0 atom stereocenters. The van der Waals surface area contributed by atoms with Crippen LogP contribution in [0, 0.1) is 20.8 Å². The number of hydrogen-bond donors (Lipinski definition) is 0. The van der Waals surface area contributed by atoms with Gasteiger partial charge in [0.2, 0.25) is 5.28 Å². The number of nitrogens with zero attached hydrogens (tertiary/aromatic N) is 2. The Morgan fingerprint density at radius 1 is 1.00 bits per heavy atom. The van der Waals surface area contributed by atoms with E-state index in [4.69, 9.17) is 11.6 Å². The molecular formula is C13H13ClN2. The van der Waals surface area contributed by atoms with E-state index in [0.29, 0.717) is 5.28 Å². The van der Waals surface area contributed by atoms with Crippen molar-refractivity contribution in [3.63, 3.8) is 0 Å². The largest absolute Gasteiger partial charge is 0.223 e. The predicted octanol–water partition coefficient (Wildman–Crippen LogP) is 3.72. The minimum absolute atomic E-state index is 0.302. The first-order valence-corrected chi connectivity index (χ1v) is 5.53. The zero-order valence-corrected chi connectivity index (χ0v) is 10.3. The van der Waals surface area contributed by atoms with Gasteiger partial charge in [0.15, 0.2) is 0 Å². The van der Waals surface area contributed by atoms with Crippen molar-refractivity contribution in [1.82, 2.24) is 9.97 Å². The number of benzene rings is 1. The van der Waals surface area contributed by atoms with Crippen LogP contribution in [0.3, 0.4) is 0 Å². The normalized spacial score (nSPS) is 10.5. The molecule has 0 radical (unpaired) electrons. The Labute approximate surface area is 100 Å². The molecule has 0 N–H and O–H groups in total. The third kappa shape index (κ3) is 2.22. The lowest BCUT2D eigenvalue weighted by Crippen LogP contribution is -1.93. The molecule has 1 aromatic carbocycles. The Balaban J connectivity index is 2.62. The summed E-state index contributed by atoms with van der Waals surface area (Å²) in [5.74, 6) is 0. The molecule has 0 aliphatic carbocycles. The first-order valence-electron chi connectivity index (χ1n) is 5.15. The molecule has 2 aromatic rings. The molecule has 0 fully saturated rings. The molecule has 0 saturated heterocycles. The van der Waals surface area contributed by atoms with Crippen LogP contribution in [0.15, 0.2) is 24.3 Å². The van der Waals surface area contributed by atoms with E-state index in [9.17, 15) is 0 Å². The first kappa shape index (κ1) is 11.1. The zero-order chi connectivity index (χ0) is 11.7. The van der Waals surface area contributed by atoms with E-state index >= 15 is 0 Å².